The molecule has 0 spiro atoms. The van der Waals surface area contributed by atoms with Gasteiger partial charge >= 0.3 is 0 Å². The van der Waals surface area contributed by atoms with Crippen LogP contribution in [0.2, 0.25) is 18.1 Å². The molecule has 0 saturated heterocycles. The van der Waals surface area contributed by atoms with Gasteiger partial charge in [-0.3, -0.25) is 0 Å². The SMILES string of the molecule is Cc1ccc(C#CO[Si](C)(C)C(C)(C)C)cc1. The molecule has 0 aromatic heterocycles. The highest BCUT2D eigenvalue weighted by Crippen LogP contribution is 2.36. The lowest BCUT2D eigenvalue weighted by molar-refractivity contribution is 0.461. The topological polar surface area (TPSA) is 9.23 Å². The van der Waals surface area contributed by atoms with Crippen LogP contribution >= 0.6 is 0 Å². The van der Waals surface area contributed by atoms with Crippen LogP contribution < -0.4 is 0 Å². The van der Waals surface area contributed by atoms with Crippen molar-refractivity contribution in [2.24, 2.45) is 0 Å². The van der Waals surface area contributed by atoms with Crippen LogP contribution in [0.25, 0.3) is 0 Å². The fraction of sp³-hybridized carbons (Fsp3) is 0.467. The number of benzene rings is 1. The lowest BCUT2D eigenvalue weighted by Crippen LogP contribution is -2.39. The van der Waals surface area contributed by atoms with Gasteiger partial charge in [0, 0.05) is 5.56 Å². The van der Waals surface area contributed by atoms with E-state index < -0.39 is 8.32 Å². The molecule has 2 heteroatoms. The fourth-order valence-corrected chi connectivity index (χ4v) is 1.61. The Morgan fingerprint density at radius 3 is 2.06 bits per heavy atom. The number of hydrogen-bond acceptors (Lipinski definition) is 1. The van der Waals surface area contributed by atoms with Crippen molar-refractivity contribution in [3.8, 4) is 12.0 Å². The summed E-state index contributed by atoms with van der Waals surface area (Å²) in [6.45, 7) is 13.1. The van der Waals surface area contributed by atoms with Gasteiger partial charge in [-0.05, 0) is 43.1 Å². The van der Waals surface area contributed by atoms with Crippen molar-refractivity contribution < 1.29 is 4.43 Å². The Labute approximate surface area is 106 Å². The number of aryl methyl sites for hydroxylation is 1. The third-order valence-electron chi connectivity index (χ3n) is 3.36. The number of hydrogen-bond donors (Lipinski definition) is 0. The van der Waals surface area contributed by atoms with E-state index >= 15 is 0 Å². The van der Waals surface area contributed by atoms with Gasteiger partial charge in [-0.25, -0.2) is 0 Å². The highest BCUT2D eigenvalue weighted by Gasteiger charge is 2.38. The Bertz CT molecular complexity index is 427. The van der Waals surface area contributed by atoms with Crippen molar-refractivity contribution >= 4 is 8.32 Å². The van der Waals surface area contributed by atoms with E-state index in [0.29, 0.717) is 0 Å². The minimum atomic E-state index is -1.74. The van der Waals surface area contributed by atoms with Gasteiger partial charge in [-0.1, -0.05) is 38.5 Å². The van der Waals surface area contributed by atoms with E-state index in [1.165, 1.54) is 5.56 Å². The summed E-state index contributed by atoms with van der Waals surface area (Å²) in [5.41, 5.74) is 2.26. The van der Waals surface area contributed by atoms with Gasteiger partial charge in [0.2, 0.25) is 0 Å². The monoisotopic (exact) mass is 246 g/mol. The normalized spacial score (nSPS) is 11.6. The number of rotatable bonds is 1. The maximum atomic E-state index is 5.81. The van der Waals surface area contributed by atoms with E-state index in [0.717, 1.165) is 5.56 Å². The van der Waals surface area contributed by atoms with Gasteiger partial charge in [0.05, 0.1) is 0 Å². The first-order chi connectivity index (χ1) is 7.72. The molecule has 1 aromatic carbocycles. The highest BCUT2D eigenvalue weighted by atomic mass is 28.4. The van der Waals surface area contributed by atoms with Crippen LogP contribution in [0.1, 0.15) is 31.9 Å². The Hall–Kier alpha value is -1.20. The molecule has 0 aliphatic carbocycles. The van der Waals surface area contributed by atoms with Crippen LogP contribution in [-0.4, -0.2) is 8.32 Å². The molecule has 0 unspecified atom stereocenters. The summed E-state index contributed by atoms with van der Waals surface area (Å²) in [4.78, 5) is 0. The summed E-state index contributed by atoms with van der Waals surface area (Å²) < 4.78 is 5.81. The lowest BCUT2D eigenvalue weighted by Gasteiger charge is -2.33. The van der Waals surface area contributed by atoms with Crippen LogP contribution in [0.15, 0.2) is 24.3 Å². The minimum Gasteiger partial charge on any atom is -0.500 e. The third kappa shape index (κ3) is 3.94. The molecule has 92 valence electrons. The molecular weight excluding hydrogens is 224 g/mol. The fourth-order valence-electron chi connectivity index (χ4n) is 1.00. The van der Waals surface area contributed by atoms with Crippen molar-refractivity contribution in [1.82, 2.24) is 0 Å². The van der Waals surface area contributed by atoms with Gasteiger partial charge in [0.1, 0.15) is 6.11 Å². The zero-order valence-electron chi connectivity index (χ0n) is 11.7. The van der Waals surface area contributed by atoms with Crippen LogP contribution in [0, 0.1) is 19.0 Å². The Kier molecular flexibility index (Phi) is 4.06. The molecule has 0 fully saturated rings. The van der Waals surface area contributed by atoms with Crippen LogP contribution in [0.3, 0.4) is 0 Å². The van der Waals surface area contributed by atoms with Crippen molar-refractivity contribution in [1.29, 1.82) is 0 Å². The van der Waals surface area contributed by atoms with E-state index in [1.807, 2.05) is 12.1 Å². The predicted molar refractivity (Wildman–Crippen MR) is 76.3 cm³/mol. The molecule has 0 N–H and O–H groups in total. The van der Waals surface area contributed by atoms with E-state index in [2.05, 4.69) is 64.9 Å². The predicted octanol–water partition coefficient (Wildman–Crippen LogP) is 4.33. The Morgan fingerprint density at radius 1 is 1.06 bits per heavy atom. The van der Waals surface area contributed by atoms with Crippen LogP contribution in [0.4, 0.5) is 0 Å². The zero-order valence-corrected chi connectivity index (χ0v) is 12.7. The third-order valence-corrected chi connectivity index (χ3v) is 7.58. The summed E-state index contributed by atoms with van der Waals surface area (Å²) in [7, 11) is -1.74. The standard InChI is InChI=1S/C15H22OSi/c1-13-7-9-14(10-8-13)11-12-16-17(5,6)15(2,3)4/h7-10H,1-6H3. The van der Waals surface area contributed by atoms with E-state index in [-0.39, 0.29) is 5.04 Å². The van der Waals surface area contributed by atoms with Crippen molar-refractivity contribution in [3.63, 3.8) is 0 Å². The van der Waals surface area contributed by atoms with Crippen molar-refractivity contribution in [2.45, 2.75) is 45.8 Å². The van der Waals surface area contributed by atoms with E-state index in [4.69, 9.17) is 4.43 Å². The largest absolute Gasteiger partial charge is 0.500 e. The molecule has 1 aromatic rings. The molecule has 1 nitrogen and oxygen atoms in total. The Morgan fingerprint density at radius 2 is 1.59 bits per heavy atom. The molecule has 17 heavy (non-hydrogen) atoms. The zero-order chi connectivity index (χ0) is 13.1. The molecule has 0 heterocycles. The van der Waals surface area contributed by atoms with E-state index in [1.54, 1.807) is 0 Å². The molecule has 0 radical (unpaired) electrons. The second kappa shape index (κ2) is 4.97. The average Bonchev–Trinajstić information content (AvgIpc) is 2.19. The molecule has 0 amide bonds. The summed E-state index contributed by atoms with van der Waals surface area (Å²) in [6.07, 6.45) is 2.88. The lowest BCUT2D eigenvalue weighted by atomic mass is 10.2. The van der Waals surface area contributed by atoms with Gasteiger partial charge < -0.3 is 4.43 Å². The summed E-state index contributed by atoms with van der Waals surface area (Å²) >= 11 is 0. The van der Waals surface area contributed by atoms with Crippen molar-refractivity contribution in [3.05, 3.63) is 35.4 Å². The van der Waals surface area contributed by atoms with Gasteiger partial charge in [0.25, 0.3) is 8.32 Å². The molecule has 0 aliphatic heterocycles. The maximum absolute atomic E-state index is 5.81. The van der Waals surface area contributed by atoms with E-state index in [9.17, 15) is 0 Å². The van der Waals surface area contributed by atoms with Gasteiger partial charge in [-0.15, -0.1) is 0 Å². The second-order valence-corrected chi connectivity index (χ2v) is 10.7. The smallest absolute Gasteiger partial charge is 0.264 e. The quantitative estimate of drug-likeness (QED) is 0.529. The highest BCUT2D eigenvalue weighted by molar-refractivity contribution is 6.74. The van der Waals surface area contributed by atoms with Gasteiger partial charge in [0.15, 0.2) is 0 Å². The van der Waals surface area contributed by atoms with Crippen molar-refractivity contribution in [2.75, 3.05) is 0 Å². The summed E-state index contributed by atoms with van der Waals surface area (Å²) in [5, 5.41) is 0.203. The molecule has 0 bridgehead atoms. The minimum absolute atomic E-state index is 0.203. The second-order valence-electron chi connectivity index (χ2n) is 5.96. The maximum Gasteiger partial charge on any atom is 0.264 e. The molecule has 1 rings (SSSR count). The van der Waals surface area contributed by atoms with Crippen LogP contribution in [-0.2, 0) is 4.43 Å². The summed E-state index contributed by atoms with van der Waals surface area (Å²) in [5.74, 6) is 3.06. The molecule has 0 saturated carbocycles. The first-order valence-corrected chi connectivity index (χ1v) is 8.89. The molecule has 0 aliphatic rings. The first-order valence-electron chi connectivity index (χ1n) is 5.98. The first kappa shape index (κ1) is 13.9. The molecule has 0 atom stereocenters. The Balaban J connectivity index is 2.72. The molecular formula is C15H22OSi. The van der Waals surface area contributed by atoms with Gasteiger partial charge in [-0.2, -0.15) is 0 Å². The average molecular weight is 246 g/mol. The van der Waals surface area contributed by atoms with Crippen LogP contribution in [0.5, 0.6) is 0 Å². The summed E-state index contributed by atoms with van der Waals surface area (Å²) in [6, 6.07) is 8.18.